The van der Waals surface area contributed by atoms with Crippen molar-refractivity contribution in [1.29, 1.82) is 0 Å². The zero-order chi connectivity index (χ0) is 16.9. The largest absolute Gasteiger partial charge is 0.441 e. The number of carbonyl (C=O) groups excluding carboxylic acids is 1. The number of hydrogen-bond acceptors (Lipinski definition) is 4. The molecule has 0 unspecified atom stereocenters. The molecular weight excluding hydrogens is 304 g/mol. The highest BCUT2D eigenvalue weighted by molar-refractivity contribution is 5.76. The predicted octanol–water partition coefficient (Wildman–Crippen LogP) is 3.22. The van der Waals surface area contributed by atoms with Gasteiger partial charge < -0.3 is 14.1 Å². The number of ether oxygens (including phenoxy) is 1. The monoisotopic (exact) mass is 328 g/mol. The summed E-state index contributed by atoms with van der Waals surface area (Å²) < 4.78 is 11.1. The summed E-state index contributed by atoms with van der Waals surface area (Å²) in [6.07, 6.45) is 4.82. The van der Waals surface area contributed by atoms with Crippen molar-refractivity contribution >= 4 is 5.91 Å². The van der Waals surface area contributed by atoms with E-state index >= 15 is 0 Å². The Bertz CT molecular complexity index is 670. The normalized spacial score (nSPS) is 15.7. The molecule has 1 aliphatic rings. The van der Waals surface area contributed by atoms with Crippen molar-refractivity contribution in [1.82, 2.24) is 9.88 Å². The fourth-order valence-electron chi connectivity index (χ4n) is 2.99. The van der Waals surface area contributed by atoms with E-state index in [2.05, 4.69) is 11.9 Å². The molecule has 0 saturated carbocycles. The number of nitrogens with zero attached hydrogens (tertiary/aromatic N) is 2. The van der Waals surface area contributed by atoms with Crippen molar-refractivity contribution in [3.63, 3.8) is 0 Å². The van der Waals surface area contributed by atoms with E-state index in [1.54, 1.807) is 13.3 Å². The zero-order valence-electron chi connectivity index (χ0n) is 14.3. The first-order valence-electron chi connectivity index (χ1n) is 8.48. The molecule has 0 spiro atoms. The highest BCUT2D eigenvalue weighted by Gasteiger charge is 2.22. The molecule has 1 aromatic carbocycles. The Kier molecular flexibility index (Phi) is 5.30. The Morgan fingerprint density at radius 1 is 1.29 bits per heavy atom. The van der Waals surface area contributed by atoms with Gasteiger partial charge in [-0.15, -0.1) is 0 Å². The van der Waals surface area contributed by atoms with Gasteiger partial charge in [-0.25, -0.2) is 4.98 Å². The lowest BCUT2D eigenvalue weighted by Gasteiger charge is -2.31. The van der Waals surface area contributed by atoms with Crippen LogP contribution in [-0.4, -0.2) is 42.1 Å². The van der Waals surface area contributed by atoms with Crippen LogP contribution in [0, 0.1) is 6.92 Å². The van der Waals surface area contributed by atoms with Gasteiger partial charge in [0, 0.05) is 38.6 Å². The molecule has 0 aliphatic carbocycles. The van der Waals surface area contributed by atoms with Gasteiger partial charge in [-0.3, -0.25) is 4.79 Å². The van der Waals surface area contributed by atoms with Gasteiger partial charge in [-0.1, -0.05) is 29.8 Å². The molecule has 1 saturated heterocycles. The van der Waals surface area contributed by atoms with E-state index in [1.165, 1.54) is 5.56 Å². The number of rotatable bonds is 5. The zero-order valence-corrected chi connectivity index (χ0v) is 14.3. The summed E-state index contributed by atoms with van der Waals surface area (Å²) in [5.74, 6) is 1.53. The standard InChI is InChI=1S/C19H24N2O3/c1-14-3-5-15(6-4-14)17-13-20-18(24-17)7-8-19(22)21-11-9-16(23-2)10-12-21/h3-6,13,16H,7-12H2,1-2H3. The van der Waals surface area contributed by atoms with Crippen molar-refractivity contribution in [3.05, 3.63) is 41.9 Å². The third-order valence-corrected chi connectivity index (χ3v) is 4.57. The van der Waals surface area contributed by atoms with Crippen LogP contribution in [0.3, 0.4) is 0 Å². The summed E-state index contributed by atoms with van der Waals surface area (Å²) in [4.78, 5) is 18.5. The third-order valence-electron chi connectivity index (χ3n) is 4.57. The highest BCUT2D eigenvalue weighted by atomic mass is 16.5. The summed E-state index contributed by atoms with van der Waals surface area (Å²) in [7, 11) is 1.73. The van der Waals surface area contributed by atoms with Crippen molar-refractivity contribution in [2.45, 2.75) is 38.7 Å². The van der Waals surface area contributed by atoms with E-state index in [0.29, 0.717) is 18.7 Å². The molecule has 2 heterocycles. The number of likely N-dealkylation sites (tertiary alicyclic amines) is 1. The second-order valence-corrected chi connectivity index (χ2v) is 6.30. The number of piperidine rings is 1. The molecular formula is C19H24N2O3. The van der Waals surface area contributed by atoms with Crippen LogP contribution in [0.15, 0.2) is 34.9 Å². The number of oxazole rings is 1. The molecule has 1 aliphatic heterocycles. The number of hydrogen-bond donors (Lipinski definition) is 0. The molecule has 2 aromatic rings. The maximum atomic E-state index is 12.3. The van der Waals surface area contributed by atoms with Crippen molar-refractivity contribution in [2.75, 3.05) is 20.2 Å². The van der Waals surface area contributed by atoms with Gasteiger partial charge in [0.1, 0.15) is 0 Å². The Morgan fingerprint density at radius 3 is 2.67 bits per heavy atom. The molecule has 0 radical (unpaired) electrons. The molecule has 1 aromatic heterocycles. The van der Waals surface area contributed by atoms with Crippen molar-refractivity contribution < 1.29 is 13.9 Å². The maximum absolute atomic E-state index is 12.3. The molecule has 0 N–H and O–H groups in total. The van der Waals surface area contributed by atoms with Gasteiger partial charge in [-0.05, 0) is 19.8 Å². The van der Waals surface area contributed by atoms with Gasteiger partial charge in [0.15, 0.2) is 11.7 Å². The Hall–Kier alpha value is -2.14. The Labute approximate surface area is 142 Å². The number of aryl methyl sites for hydroxylation is 2. The summed E-state index contributed by atoms with van der Waals surface area (Å²) in [6.45, 7) is 3.60. The fraction of sp³-hybridized carbons (Fsp3) is 0.474. The molecule has 1 amide bonds. The van der Waals surface area contributed by atoms with E-state index in [1.807, 2.05) is 29.2 Å². The minimum Gasteiger partial charge on any atom is -0.441 e. The van der Waals surface area contributed by atoms with Gasteiger partial charge in [-0.2, -0.15) is 0 Å². The molecule has 128 valence electrons. The minimum atomic E-state index is 0.166. The Morgan fingerprint density at radius 2 is 2.00 bits per heavy atom. The summed E-state index contributed by atoms with van der Waals surface area (Å²) in [5, 5.41) is 0. The average molecular weight is 328 g/mol. The van der Waals surface area contributed by atoms with E-state index in [4.69, 9.17) is 9.15 Å². The lowest BCUT2D eigenvalue weighted by molar-refractivity contribution is -0.133. The lowest BCUT2D eigenvalue weighted by Crippen LogP contribution is -2.40. The second-order valence-electron chi connectivity index (χ2n) is 6.30. The van der Waals surface area contributed by atoms with Gasteiger partial charge in [0.05, 0.1) is 12.3 Å². The van der Waals surface area contributed by atoms with Crippen LogP contribution < -0.4 is 0 Å². The van der Waals surface area contributed by atoms with Crippen molar-refractivity contribution in [3.8, 4) is 11.3 Å². The molecule has 5 nitrogen and oxygen atoms in total. The summed E-state index contributed by atoms with van der Waals surface area (Å²) >= 11 is 0. The van der Waals surface area contributed by atoms with Crippen LogP contribution in [0.1, 0.15) is 30.7 Å². The summed E-state index contributed by atoms with van der Waals surface area (Å²) in [6, 6.07) is 8.13. The molecule has 24 heavy (non-hydrogen) atoms. The minimum absolute atomic E-state index is 0.166. The van der Waals surface area contributed by atoms with E-state index in [9.17, 15) is 4.79 Å². The SMILES string of the molecule is COC1CCN(C(=O)CCc2ncc(-c3ccc(C)cc3)o2)CC1. The molecule has 3 rings (SSSR count). The molecule has 0 bridgehead atoms. The maximum Gasteiger partial charge on any atom is 0.223 e. The molecule has 5 heteroatoms. The second kappa shape index (κ2) is 7.62. The third kappa shape index (κ3) is 4.03. The number of amides is 1. The fourth-order valence-corrected chi connectivity index (χ4v) is 2.99. The average Bonchev–Trinajstić information content (AvgIpc) is 3.09. The first kappa shape index (κ1) is 16.7. The topological polar surface area (TPSA) is 55.6 Å². The smallest absolute Gasteiger partial charge is 0.223 e. The van der Waals surface area contributed by atoms with Crippen molar-refractivity contribution in [2.24, 2.45) is 0 Å². The number of carbonyl (C=O) groups is 1. The van der Waals surface area contributed by atoms with Crippen LogP contribution >= 0.6 is 0 Å². The number of methoxy groups -OCH3 is 1. The van der Waals surface area contributed by atoms with Gasteiger partial charge in [0.25, 0.3) is 0 Å². The van der Waals surface area contributed by atoms with Gasteiger partial charge >= 0.3 is 0 Å². The van der Waals surface area contributed by atoms with Crippen LogP contribution in [0.5, 0.6) is 0 Å². The van der Waals surface area contributed by atoms with E-state index in [0.717, 1.165) is 37.3 Å². The first-order valence-corrected chi connectivity index (χ1v) is 8.48. The lowest BCUT2D eigenvalue weighted by atomic mass is 10.1. The van der Waals surface area contributed by atoms with Crippen LogP contribution in [0.2, 0.25) is 0 Å². The molecule has 0 atom stereocenters. The Balaban J connectivity index is 1.52. The summed E-state index contributed by atoms with van der Waals surface area (Å²) in [5.41, 5.74) is 2.22. The predicted molar refractivity (Wildman–Crippen MR) is 91.6 cm³/mol. The number of aromatic nitrogens is 1. The van der Waals surface area contributed by atoms with E-state index < -0.39 is 0 Å². The van der Waals surface area contributed by atoms with Crippen LogP contribution in [-0.2, 0) is 16.0 Å². The van der Waals surface area contributed by atoms with Crippen LogP contribution in [0.25, 0.3) is 11.3 Å². The first-order chi connectivity index (χ1) is 11.7. The highest BCUT2D eigenvalue weighted by Crippen LogP contribution is 2.21. The van der Waals surface area contributed by atoms with Crippen LogP contribution in [0.4, 0.5) is 0 Å². The molecule has 1 fully saturated rings. The quantitative estimate of drug-likeness (QED) is 0.845. The van der Waals surface area contributed by atoms with E-state index in [-0.39, 0.29) is 12.0 Å². The number of benzene rings is 1. The van der Waals surface area contributed by atoms with Gasteiger partial charge in [0.2, 0.25) is 5.91 Å².